The molecule has 0 radical (unpaired) electrons. The summed E-state index contributed by atoms with van der Waals surface area (Å²) in [4.78, 5) is 24.1. The Balaban J connectivity index is 1.35. The molecule has 3 heterocycles. The van der Waals surface area contributed by atoms with Crippen molar-refractivity contribution in [1.82, 2.24) is 15.3 Å². The van der Waals surface area contributed by atoms with Crippen LogP contribution in [-0.4, -0.2) is 53.5 Å². The van der Waals surface area contributed by atoms with Crippen molar-refractivity contribution in [3.63, 3.8) is 0 Å². The Kier molecular flexibility index (Phi) is 9.97. The van der Waals surface area contributed by atoms with Gasteiger partial charge in [0, 0.05) is 46.1 Å². The molecule has 1 fully saturated rings. The van der Waals surface area contributed by atoms with Crippen LogP contribution >= 0.6 is 11.8 Å². The van der Waals surface area contributed by atoms with Crippen molar-refractivity contribution < 1.29 is 36.2 Å². The molecule has 0 aliphatic carbocycles. The standard InChI is InChI=1S/C31H29F5N4O3S/c1-17-14-40(15-18(2)43-17)27-5-3-4-26(39-27)24-7-6-20-12-37-22(11-25(20)28(24)32)13-38-29(41)21-8-19(16-42-30(33)34)9-23(10-21)44-31(35)36/h3-12,17-18,30-31H,13-16H2,1-2H3,(H,38,41). The van der Waals surface area contributed by atoms with Crippen LogP contribution in [0.25, 0.3) is 22.0 Å². The molecule has 7 nitrogen and oxygen atoms in total. The van der Waals surface area contributed by atoms with Crippen LogP contribution in [0.4, 0.5) is 27.8 Å². The number of thioether (sulfide) groups is 1. The minimum absolute atomic E-state index is 0.0206. The van der Waals surface area contributed by atoms with Gasteiger partial charge in [-0.2, -0.15) is 17.6 Å². The highest BCUT2D eigenvalue weighted by molar-refractivity contribution is 7.99. The van der Waals surface area contributed by atoms with Gasteiger partial charge in [-0.1, -0.05) is 23.9 Å². The number of pyridine rings is 2. The van der Waals surface area contributed by atoms with E-state index in [1.54, 1.807) is 18.2 Å². The van der Waals surface area contributed by atoms with Crippen molar-refractivity contribution in [1.29, 1.82) is 0 Å². The molecule has 0 bridgehead atoms. The number of alkyl halides is 4. The number of benzene rings is 2. The molecule has 13 heteroatoms. The summed E-state index contributed by atoms with van der Waals surface area (Å²) in [5.74, 6) is -3.19. The van der Waals surface area contributed by atoms with Gasteiger partial charge in [0.05, 0.1) is 36.7 Å². The summed E-state index contributed by atoms with van der Waals surface area (Å²) in [6.07, 6.45) is 1.56. The molecular formula is C31H29F5N4O3S. The number of aromatic nitrogens is 2. The molecule has 232 valence electrons. The lowest BCUT2D eigenvalue weighted by Crippen LogP contribution is -2.45. The molecule has 44 heavy (non-hydrogen) atoms. The minimum atomic E-state index is -3.06. The summed E-state index contributed by atoms with van der Waals surface area (Å²) >= 11 is 0.181. The molecule has 5 rings (SSSR count). The first kappa shape index (κ1) is 31.6. The lowest BCUT2D eigenvalue weighted by molar-refractivity contribution is -0.137. The summed E-state index contributed by atoms with van der Waals surface area (Å²) in [6.45, 7) is 1.60. The van der Waals surface area contributed by atoms with Crippen LogP contribution < -0.4 is 10.2 Å². The predicted octanol–water partition coefficient (Wildman–Crippen LogP) is 7.03. The number of ether oxygens (including phenoxy) is 2. The average molecular weight is 633 g/mol. The largest absolute Gasteiger partial charge is 0.372 e. The van der Waals surface area contributed by atoms with Gasteiger partial charge in [-0.3, -0.25) is 9.78 Å². The van der Waals surface area contributed by atoms with Crippen LogP contribution in [0.3, 0.4) is 0 Å². The van der Waals surface area contributed by atoms with Gasteiger partial charge < -0.3 is 19.7 Å². The van der Waals surface area contributed by atoms with E-state index in [1.165, 1.54) is 30.5 Å². The molecule has 2 aromatic carbocycles. The molecule has 1 saturated heterocycles. The number of halogens is 5. The number of hydrogen-bond donors (Lipinski definition) is 1. The van der Waals surface area contributed by atoms with Crippen LogP contribution in [0.15, 0.2) is 65.7 Å². The fraction of sp³-hybridized carbons (Fsp3) is 0.323. The van der Waals surface area contributed by atoms with Crippen molar-refractivity contribution in [2.24, 2.45) is 0 Å². The number of carbonyl (C=O) groups is 1. The highest BCUT2D eigenvalue weighted by atomic mass is 32.2. The number of nitrogens with one attached hydrogen (secondary N) is 1. The van der Waals surface area contributed by atoms with E-state index in [0.717, 1.165) is 5.82 Å². The zero-order valence-electron chi connectivity index (χ0n) is 23.8. The summed E-state index contributed by atoms with van der Waals surface area (Å²) in [6, 6.07) is 14.1. The lowest BCUT2D eigenvalue weighted by Gasteiger charge is -2.36. The van der Waals surface area contributed by atoms with Gasteiger partial charge in [0.15, 0.2) is 0 Å². The van der Waals surface area contributed by atoms with Gasteiger partial charge in [-0.15, -0.1) is 0 Å². The van der Waals surface area contributed by atoms with Gasteiger partial charge in [0.2, 0.25) is 0 Å². The maximum absolute atomic E-state index is 15.9. The fourth-order valence-corrected chi connectivity index (χ4v) is 5.73. The van der Waals surface area contributed by atoms with Crippen LogP contribution in [-0.2, 0) is 22.6 Å². The Labute approximate surface area is 254 Å². The second kappa shape index (κ2) is 13.9. The molecule has 2 atom stereocenters. The van der Waals surface area contributed by atoms with Gasteiger partial charge >= 0.3 is 6.61 Å². The summed E-state index contributed by atoms with van der Waals surface area (Å²) in [5.41, 5.74) is 1.23. The smallest absolute Gasteiger partial charge is 0.345 e. The number of hydrogen-bond acceptors (Lipinski definition) is 7. The zero-order chi connectivity index (χ0) is 31.4. The van der Waals surface area contributed by atoms with Gasteiger partial charge in [-0.25, -0.2) is 9.37 Å². The molecule has 1 aliphatic rings. The molecular weight excluding hydrogens is 603 g/mol. The van der Waals surface area contributed by atoms with Crippen LogP contribution in [0.2, 0.25) is 0 Å². The van der Waals surface area contributed by atoms with E-state index in [1.807, 2.05) is 26.0 Å². The van der Waals surface area contributed by atoms with Crippen molar-refractivity contribution >= 4 is 34.3 Å². The summed E-state index contributed by atoms with van der Waals surface area (Å²) < 4.78 is 76.9. The third-order valence-corrected chi connectivity index (χ3v) is 7.59. The average Bonchev–Trinajstić information content (AvgIpc) is 2.98. The first-order valence-electron chi connectivity index (χ1n) is 13.8. The molecule has 0 saturated carbocycles. The van der Waals surface area contributed by atoms with E-state index in [-0.39, 0.29) is 51.9 Å². The second-order valence-corrected chi connectivity index (χ2v) is 11.4. The third-order valence-electron chi connectivity index (χ3n) is 6.91. The molecule has 2 unspecified atom stereocenters. The zero-order valence-corrected chi connectivity index (χ0v) is 24.6. The first-order chi connectivity index (χ1) is 21.0. The number of carbonyl (C=O) groups excluding carboxylic acids is 1. The fourth-order valence-electron chi connectivity index (χ4n) is 5.11. The first-order valence-corrected chi connectivity index (χ1v) is 14.7. The Hall–Kier alpha value is -3.81. The van der Waals surface area contributed by atoms with Gasteiger partial charge in [-0.05, 0) is 61.9 Å². The second-order valence-electron chi connectivity index (χ2n) is 10.4. The van der Waals surface area contributed by atoms with Crippen molar-refractivity contribution in [2.75, 3.05) is 18.0 Å². The topological polar surface area (TPSA) is 76.6 Å². The number of amides is 1. The Morgan fingerprint density at radius 3 is 2.59 bits per heavy atom. The number of fused-ring (bicyclic) bond motifs is 1. The SMILES string of the molecule is CC1CN(c2cccc(-c3ccc4cnc(CNC(=O)c5cc(COC(F)F)cc(SC(F)F)c5)cc4c3F)n2)CC(C)O1. The monoisotopic (exact) mass is 632 g/mol. The number of morpholine rings is 1. The number of nitrogens with zero attached hydrogens (tertiary/aromatic N) is 3. The number of rotatable bonds is 10. The molecule has 2 aromatic heterocycles. The predicted molar refractivity (Wildman–Crippen MR) is 157 cm³/mol. The van der Waals surface area contributed by atoms with Crippen molar-refractivity contribution in [3.8, 4) is 11.3 Å². The molecule has 1 N–H and O–H groups in total. The molecule has 0 spiro atoms. The maximum Gasteiger partial charge on any atom is 0.345 e. The van der Waals surface area contributed by atoms with E-state index in [9.17, 15) is 22.4 Å². The van der Waals surface area contributed by atoms with Gasteiger partial charge in [0.1, 0.15) is 11.6 Å². The third kappa shape index (κ3) is 7.82. The van der Waals surface area contributed by atoms with Crippen LogP contribution in [0.5, 0.6) is 0 Å². The molecule has 1 amide bonds. The normalized spacial score (nSPS) is 17.1. The molecule has 4 aromatic rings. The Morgan fingerprint density at radius 2 is 1.86 bits per heavy atom. The van der Waals surface area contributed by atoms with Crippen LogP contribution in [0.1, 0.15) is 35.5 Å². The summed E-state index contributed by atoms with van der Waals surface area (Å²) in [5, 5.41) is 3.46. The van der Waals surface area contributed by atoms with Gasteiger partial charge in [0.25, 0.3) is 11.7 Å². The van der Waals surface area contributed by atoms with E-state index in [2.05, 4.69) is 19.9 Å². The van der Waals surface area contributed by atoms with E-state index < -0.39 is 30.7 Å². The number of anilines is 1. The van der Waals surface area contributed by atoms with E-state index in [0.29, 0.717) is 35.4 Å². The lowest BCUT2D eigenvalue weighted by atomic mass is 10.0. The quantitative estimate of drug-likeness (QED) is 0.149. The van der Waals surface area contributed by atoms with Crippen LogP contribution in [0, 0.1) is 5.82 Å². The maximum atomic E-state index is 15.9. The van der Waals surface area contributed by atoms with E-state index >= 15 is 4.39 Å². The highest BCUT2D eigenvalue weighted by Gasteiger charge is 2.24. The van der Waals surface area contributed by atoms with E-state index in [4.69, 9.17) is 9.72 Å². The molecule has 1 aliphatic heterocycles. The Bertz CT molecular complexity index is 1630. The Morgan fingerprint density at radius 1 is 1.09 bits per heavy atom. The van der Waals surface area contributed by atoms with Crippen molar-refractivity contribution in [2.45, 2.75) is 56.5 Å². The summed E-state index contributed by atoms with van der Waals surface area (Å²) in [7, 11) is 0. The highest BCUT2D eigenvalue weighted by Crippen LogP contribution is 2.31. The minimum Gasteiger partial charge on any atom is -0.372 e. The van der Waals surface area contributed by atoms with Crippen molar-refractivity contribution in [3.05, 3.63) is 83.4 Å².